The number of hydrogen-bond donors (Lipinski definition) is 0. The molecule has 5 heteroatoms. The van der Waals surface area contributed by atoms with Gasteiger partial charge in [-0.2, -0.15) is 4.57 Å². The molecule has 4 heterocycles. The van der Waals surface area contributed by atoms with E-state index in [9.17, 15) is 0 Å². The first-order valence-corrected chi connectivity index (χ1v) is 19.8. The number of rotatable bonds is 8. The average molecular weight is 689 g/mol. The number of nitrogens with zero attached hydrogens (tertiary/aromatic N) is 3. The lowest BCUT2D eigenvalue weighted by atomic mass is 9.80. The SMILES string of the molecule is CCCCc1cccc(-c2ccc(N3c4ccccc4N(c4ccc5c(c4)-c4sc6ccccc6[n+]4C(CC)(CC)C5)c4ccccc43)s2)c1. The topological polar surface area (TPSA) is 10.4 Å². The van der Waals surface area contributed by atoms with Gasteiger partial charge >= 0.3 is 0 Å². The van der Waals surface area contributed by atoms with Crippen LogP contribution in [0.4, 0.5) is 33.4 Å². The molecule has 9 rings (SSSR count). The van der Waals surface area contributed by atoms with Gasteiger partial charge in [-0.05, 0) is 84.1 Å². The number of aryl methyl sites for hydroxylation is 1. The Morgan fingerprint density at radius 3 is 2.08 bits per heavy atom. The number of benzene rings is 5. The smallest absolute Gasteiger partial charge is 0.270 e. The fourth-order valence-electron chi connectivity index (χ4n) is 8.26. The second kappa shape index (κ2) is 12.6. The van der Waals surface area contributed by atoms with Crippen LogP contribution in [0.15, 0.2) is 127 Å². The van der Waals surface area contributed by atoms with E-state index in [2.05, 4.69) is 163 Å². The Balaban J connectivity index is 1.16. The Hall–Kier alpha value is -4.71. The number of aromatic nitrogens is 1. The number of anilines is 6. The second-order valence-corrected chi connectivity index (χ2v) is 15.8. The summed E-state index contributed by atoms with van der Waals surface area (Å²) in [7, 11) is 0. The van der Waals surface area contributed by atoms with E-state index in [0.717, 1.165) is 25.7 Å². The van der Waals surface area contributed by atoms with Crippen LogP contribution in [0.1, 0.15) is 57.6 Å². The van der Waals surface area contributed by atoms with Crippen molar-refractivity contribution in [2.75, 3.05) is 9.80 Å². The van der Waals surface area contributed by atoms with E-state index in [1.54, 1.807) is 0 Å². The first-order chi connectivity index (χ1) is 24.6. The standard InChI is InChI=1S/C45H42N3S2/c1-4-7-15-31-16-14-17-32(28-31)41-26-27-43(49-41)47-38-20-10-8-18-36(38)46(37-19-9-11-21-39(37)47)34-25-24-33-30-45(5-2,6-3)48-40-22-12-13-23-42(40)50-44(48)35(33)29-34/h8-14,16-29H,4-7,15,30H2,1-3H3/q+1. The minimum Gasteiger partial charge on any atom is -0.306 e. The molecule has 0 amide bonds. The molecular formula is C45H42N3S2+. The fraction of sp³-hybridized carbons (Fsp3) is 0.222. The second-order valence-electron chi connectivity index (χ2n) is 13.8. The molecule has 0 aliphatic carbocycles. The molecule has 2 aromatic heterocycles. The molecule has 0 unspecified atom stereocenters. The molecule has 2 aliphatic rings. The molecule has 0 saturated carbocycles. The van der Waals surface area contributed by atoms with Crippen molar-refractivity contribution in [3.8, 4) is 21.0 Å². The van der Waals surface area contributed by atoms with Gasteiger partial charge in [0.05, 0.1) is 28.3 Å². The highest BCUT2D eigenvalue weighted by Crippen LogP contribution is 2.56. The Kier molecular flexibility index (Phi) is 7.86. The number of thiophene rings is 1. The maximum atomic E-state index is 2.69. The summed E-state index contributed by atoms with van der Waals surface area (Å²) in [6, 6.07) is 47.7. The highest BCUT2D eigenvalue weighted by atomic mass is 32.1. The summed E-state index contributed by atoms with van der Waals surface area (Å²) >= 11 is 3.81. The normalized spacial score (nSPS) is 14.3. The van der Waals surface area contributed by atoms with Crippen molar-refractivity contribution in [3.05, 3.63) is 139 Å². The van der Waals surface area contributed by atoms with E-state index in [0.29, 0.717) is 0 Å². The largest absolute Gasteiger partial charge is 0.306 e. The zero-order valence-corrected chi connectivity index (χ0v) is 30.7. The molecular weight excluding hydrogens is 647 g/mol. The summed E-state index contributed by atoms with van der Waals surface area (Å²) in [5.41, 5.74) is 13.0. The highest BCUT2D eigenvalue weighted by molar-refractivity contribution is 7.21. The van der Waals surface area contributed by atoms with Gasteiger partial charge in [0.25, 0.3) is 5.01 Å². The molecule has 0 saturated heterocycles. The van der Waals surface area contributed by atoms with E-state index >= 15 is 0 Å². The first kappa shape index (κ1) is 31.3. The van der Waals surface area contributed by atoms with Crippen LogP contribution in [0.25, 0.3) is 31.2 Å². The lowest BCUT2D eigenvalue weighted by Crippen LogP contribution is -2.59. The van der Waals surface area contributed by atoms with Crippen molar-refractivity contribution >= 4 is 66.3 Å². The van der Waals surface area contributed by atoms with Gasteiger partial charge in [0.1, 0.15) is 9.70 Å². The van der Waals surface area contributed by atoms with Crippen LogP contribution in [0.5, 0.6) is 0 Å². The maximum Gasteiger partial charge on any atom is 0.270 e. The maximum absolute atomic E-state index is 2.69. The van der Waals surface area contributed by atoms with Crippen molar-refractivity contribution in [2.24, 2.45) is 0 Å². The van der Waals surface area contributed by atoms with Crippen LogP contribution in [-0.2, 0) is 18.4 Å². The number of unbranched alkanes of at least 4 members (excludes halogenated alkanes) is 1. The molecule has 0 radical (unpaired) electrons. The Morgan fingerprint density at radius 1 is 0.660 bits per heavy atom. The summed E-state index contributed by atoms with van der Waals surface area (Å²) < 4.78 is 4.05. The van der Waals surface area contributed by atoms with Crippen LogP contribution >= 0.6 is 22.7 Å². The molecule has 50 heavy (non-hydrogen) atoms. The molecule has 5 aromatic carbocycles. The number of hydrogen-bond acceptors (Lipinski definition) is 4. The monoisotopic (exact) mass is 688 g/mol. The van der Waals surface area contributed by atoms with Gasteiger partial charge in [0.2, 0.25) is 5.52 Å². The van der Waals surface area contributed by atoms with Crippen LogP contribution in [0, 0.1) is 0 Å². The highest BCUT2D eigenvalue weighted by Gasteiger charge is 2.47. The first-order valence-electron chi connectivity index (χ1n) is 18.2. The lowest BCUT2D eigenvalue weighted by molar-refractivity contribution is -0.732. The van der Waals surface area contributed by atoms with Gasteiger partial charge in [0.15, 0.2) is 5.54 Å². The molecule has 248 valence electrons. The van der Waals surface area contributed by atoms with Crippen molar-refractivity contribution in [3.63, 3.8) is 0 Å². The minimum absolute atomic E-state index is 0.0880. The third-order valence-electron chi connectivity index (χ3n) is 11.0. The van der Waals surface area contributed by atoms with Gasteiger partial charge in [-0.3, -0.25) is 4.90 Å². The number of para-hydroxylation sites is 5. The Bertz CT molecular complexity index is 2310. The van der Waals surface area contributed by atoms with Crippen molar-refractivity contribution in [2.45, 2.75) is 64.8 Å². The third kappa shape index (κ3) is 4.93. The average Bonchev–Trinajstić information content (AvgIpc) is 3.82. The lowest BCUT2D eigenvalue weighted by Gasteiger charge is -2.40. The van der Waals surface area contributed by atoms with Gasteiger partial charge < -0.3 is 4.90 Å². The van der Waals surface area contributed by atoms with Gasteiger partial charge in [-0.1, -0.05) is 105 Å². The predicted octanol–water partition coefficient (Wildman–Crippen LogP) is 13.3. The van der Waals surface area contributed by atoms with E-state index in [1.165, 1.54) is 88.6 Å². The number of fused-ring (bicyclic) bond motifs is 7. The molecule has 0 bridgehead atoms. The zero-order valence-electron chi connectivity index (χ0n) is 29.0. The van der Waals surface area contributed by atoms with Crippen molar-refractivity contribution in [1.29, 1.82) is 0 Å². The zero-order chi connectivity index (χ0) is 33.8. The quantitative estimate of drug-likeness (QED) is 0.147. The van der Waals surface area contributed by atoms with E-state index < -0.39 is 0 Å². The summed E-state index contributed by atoms with van der Waals surface area (Å²) in [4.78, 5) is 6.25. The predicted molar refractivity (Wildman–Crippen MR) is 215 cm³/mol. The fourth-order valence-corrected chi connectivity index (χ4v) is 10.6. The van der Waals surface area contributed by atoms with E-state index in [-0.39, 0.29) is 5.54 Å². The van der Waals surface area contributed by atoms with Gasteiger partial charge in [-0.15, -0.1) is 11.3 Å². The molecule has 0 N–H and O–H groups in total. The van der Waals surface area contributed by atoms with E-state index in [1.807, 2.05) is 22.7 Å². The summed E-state index contributed by atoms with van der Waals surface area (Å²) in [5, 5.41) is 2.61. The van der Waals surface area contributed by atoms with Gasteiger partial charge in [-0.25, -0.2) is 0 Å². The summed E-state index contributed by atoms with van der Waals surface area (Å²) in [6.07, 6.45) is 6.85. The molecule has 0 spiro atoms. The van der Waals surface area contributed by atoms with Gasteiger partial charge in [0, 0.05) is 35.9 Å². The number of thiazole rings is 1. The van der Waals surface area contributed by atoms with Crippen LogP contribution in [0.2, 0.25) is 0 Å². The van der Waals surface area contributed by atoms with Crippen LogP contribution < -0.4 is 14.4 Å². The minimum atomic E-state index is 0.0880. The molecule has 3 nitrogen and oxygen atoms in total. The van der Waals surface area contributed by atoms with Crippen molar-refractivity contribution in [1.82, 2.24) is 0 Å². The summed E-state index contributed by atoms with van der Waals surface area (Å²) in [5.74, 6) is 0. The van der Waals surface area contributed by atoms with Crippen LogP contribution in [-0.4, -0.2) is 0 Å². The Labute approximate surface area is 303 Å². The Morgan fingerprint density at radius 2 is 1.36 bits per heavy atom. The van der Waals surface area contributed by atoms with E-state index in [4.69, 9.17) is 0 Å². The van der Waals surface area contributed by atoms with Crippen molar-refractivity contribution < 1.29 is 4.57 Å². The molecule has 0 fully saturated rings. The third-order valence-corrected chi connectivity index (χ3v) is 13.3. The molecule has 2 aliphatic heterocycles. The van der Waals surface area contributed by atoms with Crippen LogP contribution in [0.3, 0.4) is 0 Å². The molecule has 0 atom stereocenters. The molecule has 7 aromatic rings. The summed E-state index contributed by atoms with van der Waals surface area (Å²) in [6.45, 7) is 6.99.